The number of hydrogen-bond acceptors (Lipinski definition) is 4. The molecule has 0 aliphatic carbocycles. The number of aromatic nitrogens is 1. The van der Waals surface area contributed by atoms with E-state index < -0.39 is 0 Å². The minimum Gasteiger partial charge on any atom is -0.467 e. The molecule has 3 heterocycles. The van der Waals surface area contributed by atoms with Gasteiger partial charge in [-0.2, -0.15) is 0 Å². The second-order valence-electron chi connectivity index (χ2n) is 8.01. The summed E-state index contributed by atoms with van der Waals surface area (Å²) in [6.07, 6.45) is 1.66. The average molecular weight is 425 g/mol. The average Bonchev–Trinajstić information content (AvgIpc) is 3.39. The highest BCUT2D eigenvalue weighted by Crippen LogP contribution is 2.18. The molecule has 7 heteroatoms. The van der Waals surface area contributed by atoms with Gasteiger partial charge in [0.25, 0.3) is 5.91 Å². The van der Waals surface area contributed by atoms with Crippen LogP contribution in [0.5, 0.6) is 0 Å². The van der Waals surface area contributed by atoms with Crippen LogP contribution >= 0.6 is 0 Å². The molecular formula is C24H29FN4O2. The Hall–Kier alpha value is -3.06. The minimum atomic E-state index is -0.208. The fourth-order valence-corrected chi connectivity index (χ4v) is 4.14. The van der Waals surface area contributed by atoms with Gasteiger partial charge in [-0.15, -0.1) is 0 Å². The van der Waals surface area contributed by atoms with Gasteiger partial charge >= 0.3 is 0 Å². The van der Waals surface area contributed by atoms with Gasteiger partial charge < -0.3 is 19.2 Å². The van der Waals surface area contributed by atoms with Crippen LogP contribution in [0, 0.1) is 19.7 Å². The Balaban J connectivity index is 1.25. The van der Waals surface area contributed by atoms with E-state index >= 15 is 0 Å². The number of carbonyl (C=O) groups is 1. The Bertz CT molecular complexity index is 1000. The van der Waals surface area contributed by atoms with Crippen molar-refractivity contribution in [3.8, 4) is 0 Å². The van der Waals surface area contributed by atoms with Crippen molar-refractivity contribution in [1.82, 2.24) is 14.8 Å². The fourth-order valence-electron chi connectivity index (χ4n) is 4.14. The maximum atomic E-state index is 13.1. The van der Waals surface area contributed by atoms with E-state index in [2.05, 4.69) is 19.7 Å². The quantitative estimate of drug-likeness (QED) is 0.631. The predicted octanol–water partition coefficient (Wildman–Crippen LogP) is 3.44. The molecule has 0 spiro atoms. The van der Waals surface area contributed by atoms with Gasteiger partial charge in [-0.05, 0) is 56.3 Å². The number of aryl methyl sites for hydroxylation is 1. The van der Waals surface area contributed by atoms with Gasteiger partial charge in [0, 0.05) is 56.3 Å². The molecule has 1 fully saturated rings. The van der Waals surface area contributed by atoms with Gasteiger partial charge in [0.15, 0.2) is 0 Å². The molecule has 4 rings (SSSR count). The van der Waals surface area contributed by atoms with Crippen LogP contribution in [0.4, 0.5) is 10.1 Å². The molecule has 1 N–H and O–H groups in total. The largest absolute Gasteiger partial charge is 0.467 e. The number of piperazine rings is 1. The lowest BCUT2D eigenvalue weighted by atomic mass is 10.2. The molecule has 0 atom stereocenters. The van der Waals surface area contributed by atoms with Crippen LogP contribution in [0.25, 0.3) is 0 Å². The van der Waals surface area contributed by atoms with Crippen molar-refractivity contribution in [3.63, 3.8) is 0 Å². The van der Waals surface area contributed by atoms with Crippen molar-refractivity contribution < 1.29 is 13.6 Å². The van der Waals surface area contributed by atoms with Crippen LogP contribution in [0.2, 0.25) is 0 Å². The summed E-state index contributed by atoms with van der Waals surface area (Å²) in [6, 6.07) is 12.4. The van der Waals surface area contributed by atoms with E-state index in [9.17, 15) is 9.18 Å². The number of furan rings is 1. The molecule has 1 saturated heterocycles. The molecule has 1 amide bonds. The number of amides is 1. The predicted molar refractivity (Wildman–Crippen MR) is 119 cm³/mol. The molecule has 0 unspecified atom stereocenters. The minimum absolute atomic E-state index is 0.0382. The number of hydrogen-bond donors (Lipinski definition) is 1. The summed E-state index contributed by atoms with van der Waals surface area (Å²) in [6.45, 7) is 9.66. The number of nitrogens with one attached hydrogen (secondary N) is 1. The molecule has 31 heavy (non-hydrogen) atoms. The summed E-state index contributed by atoms with van der Waals surface area (Å²) < 4.78 is 20.7. The molecule has 0 saturated carbocycles. The lowest BCUT2D eigenvalue weighted by Crippen LogP contribution is -2.48. The van der Waals surface area contributed by atoms with Gasteiger partial charge in [0.05, 0.1) is 18.4 Å². The molecule has 3 aromatic rings. The van der Waals surface area contributed by atoms with E-state index in [4.69, 9.17) is 4.42 Å². The Morgan fingerprint density at radius 2 is 1.84 bits per heavy atom. The molecular weight excluding hydrogens is 395 g/mol. The first-order valence-electron chi connectivity index (χ1n) is 10.7. The van der Waals surface area contributed by atoms with Gasteiger partial charge in [0.1, 0.15) is 11.6 Å². The van der Waals surface area contributed by atoms with E-state index in [1.165, 1.54) is 12.1 Å². The number of nitrogens with zero attached hydrogens (tertiary/aromatic N) is 3. The highest BCUT2D eigenvalue weighted by molar-refractivity contribution is 5.95. The summed E-state index contributed by atoms with van der Waals surface area (Å²) in [5, 5.41) is 3.06. The van der Waals surface area contributed by atoms with Crippen molar-refractivity contribution >= 4 is 11.6 Å². The third kappa shape index (κ3) is 4.99. The van der Waals surface area contributed by atoms with Crippen LogP contribution in [0.1, 0.15) is 27.5 Å². The number of halogens is 1. The highest BCUT2D eigenvalue weighted by Gasteiger charge is 2.19. The zero-order valence-corrected chi connectivity index (χ0v) is 18.1. The Kier molecular flexibility index (Phi) is 6.42. The monoisotopic (exact) mass is 424 g/mol. The van der Waals surface area contributed by atoms with Crippen molar-refractivity contribution in [2.75, 3.05) is 44.2 Å². The van der Waals surface area contributed by atoms with E-state index in [0.29, 0.717) is 18.7 Å². The van der Waals surface area contributed by atoms with Crippen LogP contribution in [0.15, 0.2) is 53.1 Å². The molecule has 2 aromatic heterocycles. The molecule has 0 radical (unpaired) electrons. The Labute approximate surface area is 182 Å². The van der Waals surface area contributed by atoms with Crippen LogP contribution < -0.4 is 10.2 Å². The third-order valence-electron chi connectivity index (χ3n) is 5.99. The van der Waals surface area contributed by atoms with Gasteiger partial charge in [-0.25, -0.2) is 4.39 Å². The maximum Gasteiger partial charge on any atom is 0.253 e. The Morgan fingerprint density at radius 1 is 1.10 bits per heavy atom. The first-order valence-corrected chi connectivity index (χ1v) is 10.7. The second-order valence-corrected chi connectivity index (χ2v) is 8.01. The normalized spacial score (nSPS) is 14.7. The standard InChI is InChI=1S/C24H29FN4O2/c1-18-16-23(19(2)29(18)17-22-4-3-15-31-22)24(30)26-9-10-27-11-13-28(14-12-27)21-7-5-20(25)6-8-21/h3-8,15-16H,9-14,17H2,1-2H3,(H,26,30). The zero-order chi connectivity index (χ0) is 21.8. The highest BCUT2D eigenvalue weighted by atomic mass is 19.1. The van der Waals surface area contributed by atoms with Crippen molar-refractivity contribution in [2.45, 2.75) is 20.4 Å². The van der Waals surface area contributed by atoms with Crippen molar-refractivity contribution in [3.05, 3.63) is 77.3 Å². The van der Waals surface area contributed by atoms with E-state index in [0.717, 1.165) is 55.6 Å². The molecule has 0 bridgehead atoms. The number of rotatable bonds is 7. The topological polar surface area (TPSA) is 53.7 Å². The summed E-state index contributed by atoms with van der Waals surface area (Å²) in [4.78, 5) is 17.3. The van der Waals surface area contributed by atoms with E-state index in [-0.39, 0.29) is 11.7 Å². The fraction of sp³-hybridized carbons (Fsp3) is 0.375. The van der Waals surface area contributed by atoms with Crippen LogP contribution in [-0.2, 0) is 6.54 Å². The summed E-state index contributed by atoms with van der Waals surface area (Å²) in [5.41, 5.74) is 3.75. The van der Waals surface area contributed by atoms with Crippen molar-refractivity contribution in [2.24, 2.45) is 0 Å². The summed E-state index contributed by atoms with van der Waals surface area (Å²) in [7, 11) is 0. The van der Waals surface area contributed by atoms with Gasteiger partial charge in [0.2, 0.25) is 0 Å². The molecule has 1 aromatic carbocycles. The van der Waals surface area contributed by atoms with Gasteiger partial charge in [-0.3, -0.25) is 9.69 Å². The van der Waals surface area contributed by atoms with Crippen LogP contribution in [0.3, 0.4) is 0 Å². The smallest absolute Gasteiger partial charge is 0.253 e. The van der Waals surface area contributed by atoms with E-state index in [1.54, 1.807) is 6.26 Å². The maximum absolute atomic E-state index is 13.1. The van der Waals surface area contributed by atoms with Crippen molar-refractivity contribution in [1.29, 1.82) is 0 Å². The van der Waals surface area contributed by atoms with Crippen LogP contribution in [-0.4, -0.2) is 54.6 Å². The van der Waals surface area contributed by atoms with Gasteiger partial charge in [-0.1, -0.05) is 0 Å². The lowest BCUT2D eigenvalue weighted by Gasteiger charge is -2.36. The Morgan fingerprint density at radius 3 is 2.52 bits per heavy atom. The summed E-state index contributed by atoms with van der Waals surface area (Å²) >= 11 is 0. The lowest BCUT2D eigenvalue weighted by molar-refractivity contribution is 0.0947. The third-order valence-corrected chi connectivity index (χ3v) is 5.99. The number of carbonyl (C=O) groups excluding carboxylic acids is 1. The molecule has 164 valence electrons. The second kappa shape index (κ2) is 9.39. The first-order chi connectivity index (χ1) is 15.0. The first kappa shape index (κ1) is 21.2. The molecule has 1 aliphatic heterocycles. The summed E-state index contributed by atoms with van der Waals surface area (Å²) in [5.74, 6) is 0.622. The molecule has 1 aliphatic rings. The van der Waals surface area contributed by atoms with E-state index in [1.807, 2.05) is 44.2 Å². The number of anilines is 1. The molecule has 6 nitrogen and oxygen atoms in total. The number of benzene rings is 1. The SMILES string of the molecule is Cc1cc(C(=O)NCCN2CCN(c3ccc(F)cc3)CC2)c(C)n1Cc1ccco1. The zero-order valence-electron chi connectivity index (χ0n) is 18.1.